The Morgan fingerprint density at radius 3 is 2.23 bits per heavy atom. The molecule has 0 bridgehead atoms. The Balaban J connectivity index is 2.18. The number of nitrogens with one attached hydrogen (secondary N) is 1. The molecule has 5 nitrogen and oxygen atoms in total. The molecule has 0 aliphatic carbocycles. The van der Waals surface area contributed by atoms with E-state index in [-0.39, 0.29) is 5.56 Å². The molecule has 1 heterocycles. The minimum absolute atomic E-state index is 0.301. The number of fused-ring (bicyclic) bond motifs is 1. The van der Waals surface area contributed by atoms with Crippen LogP contribution in [0.5, 0.6) is 0 Å². The molecule has 1 atom stereocenters. The van der Waals surface area contributed by atoms with Crippen molar-refractivity contribution in [2.75, 3.05) is 12.4 Å². The molecule has 0 fully saturated rings. The maximum atomic E-state index is 13.9. The summed E-state index contributed by atoms with van der Waals surface area (Å²) >= 11 is 6.26. The third-order valence-electron chi connectivity index (χ3n) is 5.14. The van der Waals surface area contributed by atoms with Crippen LogP contribution in [0.1, 0.15) is 17.0 Å². The van der Waals surface area contributed by atoms with Crippen molar-refractivity contribution in [3.05, 3.63) is 105 Å². The summed E-state index contributed by atoms with van der Waals surface area (Å²) in [5.41, 5.74) is 8.33. The Morgan fingerprint density at radius 2 is 1.63 bits per heavy atom. The molecule has 0 aliphatic heterocycles. The molecular formula is C24H20ClN3O2. The van der Waals surface area contributed by atoms with E-state index in [2.05, 4.69) is 5.32 Å². The van der Waals surface area contributed by atoms with E-state index in [4.69, 9.17) is 17.3 Å². The van der Waals surface area contributed by atoms with Crippen LogP contribution in [0.25, 0.3) is 16.6 Å². The first kappa shape index (κ1) is 19.7. The number of anilines is 1. The molecule has 0 saturated carbocycles. The fraction of sp³-hybridized carbons (Fsp3) is 0.0833. The summed E-state index contributed by atoms with van der Waals surface area (Å²) < 4.78 is 1.58. The van der Waals surface area contributed by atoms with Crippen LogP contribution in [0.2, 0.25) is 5.02 Å². The van der Waals surface area contributed by atoms with Gasteiger partial charge < -0.3 is 11.1 Å². The number of benzene rings is 3. The van der Waals surface area contributed by atoms with Gasteiger partial charge in [-0.05, 0) is 35.9 Å². The van der Waals surface area contributed by atoms with E-state index >= 15 is 0 Å². The predicted molar refractivity (Wildman–Crippen MR) is 122 cm³/mol. The zero-order valence-corrected chi connectivity index (χ0v) is 17.1. The van der Waals surface area contributed by atoms with Gasteiger partial charge in [0.25, 0.3) is 5.56 Å². The molecule has 1 unspecified atom stereocenters. The molecule has 4 rings (SSSR count). The number of halogens is 1. The summed E-state index contributed by atoms with van der Waals surface area (Å²) in [6, 6.07) is 23.7. The summed E-state index contributed by atoms with van der Waals surface area (Å²) in [6.07, 6.45) is 0. The van der Waals surface area contributed by atoms with E-state index < -0.39 is 11.8 Å². The summed E-state index contributed by atoms with van der Waals surface area (Å²) in [7, 11) is 1.72. The summed E-state index contributed by atoms with van der Waals surface area (Å²) in [5.74, 6) is -1.50. The summed E-state index contributed by atoms with van der Waals surface area (Å²) in [4.78, 5) is 26.4. The molecule has 0 radical (unpaired) electrons. The highest BCUT2D eigenvalue weighted by Gasteiger charge is 2.29. The molecule has 4 aromatic rings. The number of primary amides is 1. The number of amides is 1. The van der Waals surface area contributed by atoms with E-state index in [0.717, 1.165) is 5.39 Å². The molecule has 0 spiro atoms. The van der Waals surface area contributed by atoms with Gasteiger partial charge in [0.1, 0.15) is 0 Å². The van der Waals surface area contributed by atoms with Crippen molar-refractivity contribution in [3.63, 3.8) is 0 Å². The lowest BCUT2D eigenvalue weighted by atomic mass is 9.89. The van der Waals surface area contributed by atoms with Gasteiger partial charge in [0.15, 0.2) is 0 Å². The predicted octanol–water partition coefficient (Wildman–Crippen LogP) is 4.30. The van der Waals surface area contributed by atoms with E-state index in [1.54, 1.807) is 35.9 Å². The highest BCUT2D eigenvalue weighted by molar-refractivity contribution is 6.31. The highest BCUT2D eigenvalue weighted by Crippen LogP contribution is 2.35. The van der Waals surface area contributed by atoms with Crippen molar-refractivity contribution < 1.29 is 4.79 Å². The van der Waals surface area contributed by atoms with E-state index in [1.165, 1.54) is 0 Å². The molecule has 150 valence electrons. The number of hydrogen-bond donors (Lipinski definition) is 2. The Kier molecular flexibility index (Phi) is 5.29. The average molecular weight is 418 g/mol. The van der Waals surface area contributed by atoms with Crippen LogP contribution < -0.4 is 16.6 Å². The Hall–Kier alpha value is -3.57. The summed E-state index contributed by atoms with van der Waals surface area (Å²) in [6.45, 7) is 0. The number of carbonyl (C=O) groups is 1. The van der Waals surface area contributed by atoms with Gasteiger partial charge in [-0.3, -0.25) is 14.2 Å². The molecular weight excluding hydrogens is 398 g/mol. The van der Waals surface area contributed by atoms with Gasteiger partial charge in [-0.2, -0.15) is 0 Å². The van der Waals surface area contributed by atoms with E-state index in [0.29, 0.717) is 33.0 Å². The largest absolute Gasteiger partial charge is 0.387 e. The lowest BCUT2D eigenvalue weighted by Gasteiger charge is -2.22. The summed E-state index contributed by atoms with van der Waals surface area (Å²) in [5, 5.41) is 4.39. The quantitative estimate of drug-likeness (QED) is 0.508. The van der Waals surface area contributed by atoms with Gasteiger partial charge in [0, 0.05) is 23.1 Å². The van der Waals surface area contributed by atoms with Crippen molar-refractivity contribution in [1.82, 2.24) is 4.57 Å². The van der Waals surface area contributed by atoms with Crippen molar-refractivity contribution in [1.29, 1.82) is 0 Å². The fourth-order valence-corrected chi connectivity index (χ4v) is 4.04. The zero-order chi connectivity index (χ0) is 21.3. The van der Waals surface area contributed by atoms with Gasteiger partial charge >= 0.3 is 0 Å². The molecule has 0 aliphatic rings. The SMILES string of the molecule is CNc1c(C(C(N)=O)c2ccccc2)c(=O)n(-c2ccccc2)c2cc(Cl)ccc12. The van der Waals surface area contributed by atoms with Crippen LogP contribution in [0.15, 0.2) is 83.7 Å². The third-order valence-corrected chi connectivity index (χ3v) is 5.38. The van der Waals surface area contributed by atoms with Gasteiger partial charge in [0.05, 0.1) is 22.7 Å². The van der Waals surface area contributed by atoms with Crippen molar-refractivity contribution in [2.24, 2.45) is 5.73 Å². The standard InChI is InChI=1S/C24H20ClN3O2/c1-27-22-18-13-12-16(25)14-19(18)28(17-10-6-3-7-11-17)24(30)21(22)20(23(26)29)15-8-4-2-5-9-15/h2-14,20,27H,1H3,(H2,26,29). The molecule has 3 N–H and O–H groups in total. The number of pyridine rings is 1. The maximum absolute atomic E-state index is 13.9. The first-order chi connectivity index (χ1) is 14.5. The van der Waals surface area contributed by atoms with Crippen LogP contribution in [-0.2, 0) is 4.79 Å². The average Bonchev–Trinajstić information content (AvgIpc) is 2.75. The third kappa shape index (κ3) is 3.33. The maximum Gasteiger partial charge on any atom is 0.262 e. The van der Waals surface area contributed by atoms with Gasteiger partial charge in [-0.15, -0.1) is 0 Å². The Labute approximate surface area is 178 Å². The lowest BCUT2D eigenvalue weighted by molar-refractivity contribution is -0.118. The Morgan fingerprint density at radius 1 is 1.00 bits per heavy atom. The van der Waals surface area contributed by atoms with Gasteiger partial charge in [0.2, 0.25) is 5.91 Å². The van der Waals surface area contributed by atoms with Crippen LogP contribution in [0.3, 0.4) is 0 Å². The number of para-hydroxylation sites is 1. The van der Waals surface area contributed by atoms with Crippen LogP contribution in [0, 0.1) is 0 Å². The van der Waals surface area contributed by atoms with Gasteiger partial charge in [-0.25, -0.2) is 0 Å². The van der Waals surface area contributed by atoms with E-state index in [1.807, 2.05) is 54.6 Å². The van der Waals surface area contributed by atoms with E-state index in [9.17, 15) is 9.59 Å². The molecule has 6 heteroatoms. The number of carbonyl (C=O) groups excluding carboxylic acids is 1. The topological polar surface area (TPSA) is 77.1 Å². The van der Waals surface area contributed by atoms with Crippen LogP contribution >= 0.6 is 11.6 Å². The zero-order valence-electron chi connectivity index (χ0n) is 16.3. The number of nitrogens with two attached hydrogens (primary N) is 1. The second-order valence-electron chi connectivity index (χ2n) is 6.92. The van der Waals surface area contributed by atoms with Crippen LogP contribution in [-0.4, -0.2) is 17.5 Å². The molecule has 1 amide bonds. The fourth-order valence-electron chi connectivity index (χ4n) is 3.87. The molecule has 0 saturated heterocycles. The normalized spacial score (nSPS) is 11.9. The number of aromatic nitrogens is 1. The van der Waals surface area contributed by atoms with Crippen molar-refractivity contribution >= 4 is 34.1 Å². The number of rotatable bonds is 5. The van der Waals surface area contributed by atoms with Gasteiger partial charge in [-0.1, -0.05) is 60.1 Å². The monoisotopic (exact) mass is 417 g/mol. The minimum atomic E-state index is -0.906. The molecule has 1 aromatic heterocycles. The minimum Gasteiger partial charge on any atom is -0.387 e. The second kappa shape index (κ2) is 8.05. The first-order valence-corrected chi connectivity index (χ1v) is 9.86. The van der Waals surface area contributed by atoms with Crippen LogP contribution in [0.4, 0.5) is 5.69 Å². The van der Waals surface area contributed by atoms with Crippen molar-refractivity contribution in [2.45, 2.75) is 5.92 Å². The smallest absolute Gasteiger partial charge is 0.262 e. The number of nitrogens with zero attached hydrogens (tertiary/aromatic N) is 1. The second-order valence-corrected chi connectivity index (χ2v) is 7.36. The lowest BCUT2D eigenvalue weighted by Crippen LogP contribution is -2.32. The molecule has 3 aromatic carbocycles. The highest BCUT2D eigenvalue weighted by atomic mass is 35.5. The van der Waals surface area contributed by atoms with Crippen molar-refractivity contribution in [3.8, 4) is 5.69 Å². The Bertz CT molecular complexity index is 1280. The number of hydrogen-bond acceptors (Lipinski definition) is 3. The first-order valence-electron chi connectivity index (χ1n) is 9.48. The molecule has 30 heavy (non-hydrogen) atoms.